The molecule has 2 aromatic carbocycles. The van der Waals surface area contributed by atoms with E-state index in [-0.39, 0.29) is 22.8 Å². The standard InChI is InChI=1S/C14H9ClF5N/c15-9-4-5-12(10(6-9)14(18,19)20)21-7-8-2-1-3-11(16)13(8)17/h1-6,21H,7H2. The van der Waals surface area contributed by atoms with Crippen molar-refractivity contribution in [3.63, 3.8) is 0 Å². The molecule has 0 aromatic heterocycles. The van der Waals surface area contributed by atoms with E-state index in [1.54, 1.807) is 0 Å². The molecule has 0 amide bonds. The molecule has 0 saturated heterocycles. The van der Waals surface area contributed by atoms with Crippen molar-refractivity contribution in [3.05, 3.63) is 64.2 Å². The maximum atomic E-state index is 13.4. The van der Waals surface area contributed by atoms with Gasteiger partial charge >= 0.3 is 6.18 Å². The second kappa shape index (κ2) is 5.89. The van der Waals surface area contributed by atoms with Gasteiger partial charge in [0.2, 0.25) is 0 Å². The van der Waals surface area contributed by atoms with Crippen molar-refractivity contribution in [1.82, 2.24) is 0 Å². The van der Waals surface area contributed by atoms with E-state index in [4.69, 9.17) is 11.6 Å². The van der Waals surface area contributed by atoms with Crippen molar-refractivity contribution in [3.8, 4) is 0 Å². The Morgan fingerprint density at radius 3 is 2.43 bits per heavy atom. The number of hydrogen-bond acceptors (Lipinski definition) is 1. The maximum Gasteiger partial charge on any atom is 0.418 e. The van der Waals surface area contributed by atoms with Crippen molar-refractivity contribution in [2.24, 2.45) is 0 Å². The molecule has 0 heterocycles. The second-order valence-electron chi connectivity index (χ2n) is 4.25. The number of hydrogen-bond donors (Lipinski definition) is 1. The summed E-state index contributed by atoms with van der Waals surface area (Å²) in [6.45, 7) is -0.283. The summed E-state index contributed by atoms with van der Waals surface area (Å²) >= 11 is 5.55. The molecule has 2 rings (SSSR count). The van der Waals surface area contributed by atoms with Crippen molar-refractivity contribution in [2.75, 3.05) is 5.32 Å². The van der Waals surface area contributed by atoms with Crippen molar-refractivity contribution in [1.29, 1.82) is 0 Å². The van der Waals surface area contributed by atoms with Gasteiger partial charge in [0.1, 0.15) is 0 Å². The van der Waals surface area contributed by atoms with Gasteiger partial charge in [-0.25, -0.2) is 8.78 Å². The molecule has 0 radical (unpaired) electrons. The summed E-state index contributed by atoms with van der Waals surface area (Å²) in [5.41, 5.74) is -1.29. The van der Waals surface area contributed by atoms with Crippen molar-refractivity contribution >= 4 is 17.3 Å². The Labute approximate surface area is 122 Å². The third-order valence-electron chi connectivity index (χ3n) is 2.79. The summed E-state index contributed by atoms with van der Waals surface area (Å²) in [4.78, 5) is 0. The van der Waals surface area contributed by atoms with E-state index in [1.807, 2.05) is 0 Å². The minimum atomic E-state index is -4.60. The van der Waals surface area contributed by atoms with Crippen LogP contribution in [0.1, 0.15) is 11.1 Å². The lowest BCUT2D eigenvalue weighted by atomic mass is 10.1. The first kappa shape index (κ1) is 15.6. The van der Waals surface area contributed by atoms with Crippen LogP contribution in [0.25, 0.3) is 0 Å². The highest BCUT2D eigenvalue weighted by Crippen LogP contribution is 2.36. The molecule has 7 heteroatoms. The molecule has 21 heavy (non-hydrogen) atoms. The van der Waals surface area contributed by atoms with Crippen LogP contribution in [0.15, 0.2) is 36.4 Å². The van der Waals surface area contributed by atoms with E-state index < -0.39 is 23.4 Å². The van der Waals surface area contributed by atoms with Gasteiger partial charge in [0.05, 0.1) is 5.56 Å². The molecule has 0 aliphatic rings. The molecular formula is C14H9ClF5N. The van der Waals surface area contributed by atoms with Crippen molar-refractivity contribution in [2.45, 2.75) is 12.7 Å². The molecule has 0 aliphatic heterocycles. The SMILES string of the molecule is Fc1cccc(CNc2ccc(Cl)cc2C(F)(F)F)c1F. The van der Waals surface area contributed by atoms with Crippen LogP contribution in [0.2, 0.25) is 5.02 Å². The van der Waals surface area contributed by atoms with Crippen LogP contribution < -0.4 is 5.32 Å². The highest BCUT2D eigenvalue weighted by atomic mass is 35.5. The van der Waals surface area contributed by atoms with Crippen LogP contribution >= 0.6 is 11.6 Å². The number of benzene rings is 2. The van der Waals surface area contributed by atoms with Crippen molar-refractivity contribution < 1.29 is 22.0 Å². The largest absolute Gasteiger partial charge is 0.418 e. The zero-order valence-electron chi connectivity index (χ0n) is 10.4. The summed E-state index contributed by atoms with van der Waals surface area (Å²) in [6, 6.07) is 6.69. The Morgan fingerprint density at radius 2 is 1.76 bits per heavy atom. The molecule has 0 bridgehead atoms. The quantitative estimate of drug-likeness (QED) is 0.761. The number of halogens is 6. The van der Waals surface area contributed by atoms with E-state index in [0.717, 1.165) is 18.2 Å². The van der Waals surface area contributed by atoms with Gasteiger partial charge in [-0.15, -0.1) is 0 Å². The second-order valence-corrected chi connectivity index (χ2v) is 4.69. The number of alkyl halides is 3. The van der Waals surface area contributed by atoms with Gasteiger partial charge < -0.3 is 5.32 Å². The van der Waals surface area contributed by atoms with Crippen LogP contribution in [0, 0.1) is 11.6 Å². The summed E-state index contributed by atoms with van der Waals surface area (Å²) in [5.74, 6) is -2.14. The van der Waals surface area contributed by atoms with E-state index in [9.17, 15) is 22.0 Å². The van der Waals surface area contributed by atoms with Gasteiger partial charge in [0.15, 0.2) is 11.6 Å². The average Bonchev–Trinajstić information content (AvgIpc) is 2.40. The van der Waals surface area contributed by atoms with Gasteiger partial charge in [-0.2, -0.15) is 13.2 Å². The lowest BCUT2D eigenvalue weighted by Crippen LogP contribution is -2.11. The molecule has 0 aliphatic carbocycles. The molecule has 0 saturated carbocycles. The molecule has 0 spiro atoms. The van der Waals surface area contributed by atoms with E-state index >= 15 is 0 Å². The third-order valence-corrected chi connectivity index (χ3v) is 3.02. The predicted molar refractivity (Wildman–Crippen MR) is 70.1 cm³/mol. The van der Waals surface area contributed by atoms with Crippen LogP contribution in [-0.4, -0.2) is 0 Å². The molecule has 1 nitrogen and oxygen atoms in total. The number of rotatable bonds is 3. The Kier molecular flexibility index (Phi) is 4.37. The third kappa shape index (κ3) is 3.64. The van der Waals surface area contributed by atoms with Crippen LogP contribution in [0.4, 0.5) is 27.6 Å². The maximum absolute atomic E-state index is 13.4. The average molecular weight is 322 g/mol. The van der Waals surface area contributed by atoms with Crippen LogP contribution in [0.3, 0.4) is 0 Å². The smallest absolute Gasteiger partial charge is 0.380 e. The van der Waals surface area contributed by atoms with Gasteiger partial charge in [-0.05, 0) is 24.3 Å². The van der Waals surface area contributed by atoms with Gasteiger partial charge in [-0.3, -0.25) is 0 Å². The lowest BCUT2D eigenvalue weighted by molar-refractivity contribution is -0.136. The number of nitrogens with one attached hydrogen (secondary N) is 1. The van der Waals surface area contributed by atoms with Gasteiger partial charge in [0.25, 0.3) is 0 Å². The monoisotopic (exact) mass is 321 g/mol. The van der Waals surface area contributed by atoms with E-state index in [2.05, 4.69) is 5.32 Å². The van der Waals surface area contributed by atoms with Gasteiger partial charge in [0, 0.05) is 22.8 Å². The zero-order chi connectivity index (χ0) is 15.6. The molecule has 0 unspecified atom stereocenters. The van der Waals surface area contributed by atoms with E-state index in [1.165, 1.54) is 18.2 Å². The fraction of sp³-hybridized carbons (Fsp3) is 0.143. The van der Waals surface area contributed by atoms with Crippen LogP contribution in [0.5, 0.6) is 0 Å². The fourth-order valence-corrected chi connectivity index (χ4v) is 1.95. The Hall–Kier alpha value is -1.82. The Morgan fingerprint density at radius 1 is 1.05 bits per heavy atom. The number of anilines is 1. The summed E-state index contributed by atoms with van der Waals surface area (Å²) in [5, 5.41) is 2.38. The summed E-state index contributed by atoms with van der Waals surface area (Å²) in [7, 11) is 0. The topological polar surface area (TPSA) is 12.0 Å². The minimum absolute atomic E-state index is 0.0650. The molecule has 0 atom stereocenters. The summed E-state index contributed by atoms with van der Waals surface area (Å²) < 4.78 is 65.1. The predicted octanol–water partition coefficient (Wildman–Crippen LogP) is 5.25. The Bertz CT molecular complexity index is 654. The molecule has 0 fully saturated rings. The molecule has 2 aromatic rings. The highest BCUT2D eigenvalue weighted by molar-refractivity contribution is 6.30. The normalized spacial score (nSPS) is 11.5. The zero-order valence-corrected chi connectivity index (χ0v) is 11.2. The Balaban J connectivity index is 2.26. The first-order valence-corrected chi connectivity index (χ1v) is 6.20. The molecule has 1 N–H and O–H groups in total. The molecule has 112 valence electrons. The minimum Gasteiger partial charge on any atom is -0.380 e. The fourth-order valence-electron chi connectivity index (χ4n) is 1.78. The molecular weight excluding hydrogens is 313 g/mol. The van der Waals surface area contributed by atoms with Crippen LogP contribution in [-0.2, 0) is 12.7 Å². The highest BCUT2D eigenvalue weighted by Gasteiger charge is 2.33. The van der Waals surface area contributed by atoms with Gasteiger partial charge in [-0.1, -0.05) is 23.7 Å². The lowest BCUT2D eigenvalue weighted by Gasteiger charge is -2.15. The van der Waals surface area contributed by atoms with E-state index in [0.29, 0.717) is 0 Å². The first-order chi connectivity index (χ1) is 9.79. The first-order valence-electron chi connectivity index (χ1n) is 5.82. The summed E-state index contributed by atoms with van der Waals surface area (Å²) in [6.07, 6.45) is -4.60.